The van der Waals surface area contributed by atoms with E-state index in [1.807, 2.05) is 16.7 Å². The molecule has 9 heteroatoms. The first kappa shape index (κ1) is 26.2. The maximum Gasteiger partial charge on any atom is 0.234 e. The second-order valence-corrected chi connectivity index (χ2v) is 9.71. The third-order valence-corrected chi connectivity index (χ3v) is 6.17. The minimum atomic E-state index is -0.202. The Kier molecular flexibility index (Phi) is 8.81. The lowest BCUT2D eigenvalue weighted by molar-refractivity contribution is -0.113. The number of rotatable bonds is 11. The summed E-state index contributed by atoms with van der Waals surface area (Å²) in [6.45, 7) is 11.1. The van der Waals surface area contributed by atoms with Crippen molar-refractivity contribution in [2.75, 3.05) is 25.3 Å². The molecule has 0 fully saturated rings. The number of allylic oxidation sites excluding steroid dienone is 1. The van der Waals surface area contributed by atoms with Crippen LogP contribution in [0.25, 0.3) is 0 Å². The number of amides is 1. The number of hydrogen-bond donors (Lipinski definition) is 1. The molecule has 35 heavy (non-hydrogen) atoms. The maximum atomic E-state index is 12.6. The first-order chi connectivity index (χ1) is 16.7. The predicted octanol–water partition coefficient (Wildman–Crippen LogP) is 5.09. The Balaban J connectivity index is 1.63. The number of thioether (sulfide) groups is 1. The predicted molar refractivity (Wildman–Crippen MR) is 139 cm³/mol. The van der Waals surface area contributed by atoms with Crippen LogP contribution < -0.4 is 19.5 Å². The van der Waals surface area contributed by atoms with Crippen molar-refractivity contribution in [1.29, 1.82) is 0 Å². The highest BCUT2D eigenvalue weighted by Gasteiger charge is 2.16. The molecule has 8 nitrogen and oxygen atoms in total. The molecular weight excluding hydrogens is 464 g/mol. The molecule has 0 aliphatic heterocycles. The van der Waals surface area contributed by atoms with Gasteiger partial charge in [0.15, 0.2) is 11.0 Å². The van der Waals surface area contributed by atoms with Crippen molar-refractivity contribution in [3.05, 3.63) is 66.5 Å². The van der Waals surface area contributed by atoms with Gasteiger partial charge in [0, 0.05) is 12.6 Å². The van der Waals surface area contributed by atoms with Gasteiger partial charge >= 0.3 is 0 Å². The zero-order valence-corrected chi connectivity index (χ0v) is 21.6. The Hall–Kier alpha value is -3.46. The maximum absolute atomic E-state index is 12.6. The van der Waals surface area contributed by atoms with Crippen LogP contribution in [0.4, 0.5) is 5.69 Å². The fourth-order valence-electron chi connectivity index (χ4n) is 3.27. The van der Waals surface area contributed by atoms with Crippen LogP contribution in [0.15, 0.2) is 60.3 Å². The van der Waals surface area contributed by atoms with Crippen LogP contribution in [0.1, 0.15) is 32.2 Å². The third-order valence-electron chi connectivity index (χ3n) is 5.21. The lowest BCUT2D eigenvalue weighted by Gasteiger charge is -2.19. The normalized spacial score (nSPS) is 11.1. The van der Waals surface area contributed by atoms with E-state index in [9.17, 15) is 4.79 Å². The van der Waals surface area contributed by atoms with Gasteiger partial charge in [-0.2, -0.15) is 0 Å². The van der Waals surface area contributed by atoms with Gasteiger partial charge in [-0.15, -0.1) is 16.8 Å². The van der Waals surface area contributed by atoms with E-state index in [2.05, 4.69) is 55.0 Å². The van der Waals surface area contributed by atoms with E-state index < -0.39 is 0 Å². The van der Waals surface area contributed by atoms with Crippen LogP contribution in [-0.2, 0) is 23.4 Å². The molecule has 0 spiro atoms. The van der Waals surface area contributed by atoms with Crippen LogP contribution >= 0.6 is 11.8 Å². The molecule has 0 aliphatic rings. The zero-order chi connectivity index (χ0) is 25.4. The molecule has 186 valence electrons. The molecule has 1 aromatic heterocycles. The van der Waals surface area contributed by atoms with Gasteiger partial charge in [-0.3, -0.25) is 9.36 Å². The molecule has 1 amide bonds. The standard InChI is InChI=1S/C26H32N4O4S/c1-7-14-30-23(16-34-19-10-8-18(9-11-19)26(2,3)4)28-29-25(30)35-17-24(31)27-21-15-20(32-5)12-13-22(21)33-6/h7-13,15H,1,14,16-17H2,2-6H3,(H,27,31). The number of hydrogen-bond acceptors (Lipinski definition) is 7. The minimum Gasteiger partial charge on any atom is -0.497 e. The van der Waals surface area contributed by atoms with Crippen LogP contribution in [0.5, 0.6) is 17.2 Å². The van der Waals surface area contributed by atoms with E-state index in [1.165, 1.54) is 17.3 Å². The summed E-state index contributed by atoms with van der Waals surface area (Å²) in [4.78, 5) is 12.6. The summed E-state index contributed by atoms with van der Waals surface area (Å²) < 4.78 is 18.4. The van der Waals surface area contributed by atoms with E-state index in [-0.39, 0.29) is 23.7 Å². The number of methoxy groups -OCH3 is 2. The smallest absolute Gasteiger partial charge is 0.234 e. The molecule has 3 aromatic rings. The van der Waals surface area contributed by atoms with Gasteiger partial charge in [-0.1, -0.05) is 50.7 Å². The van der Waals surface area contributed by atoms with Gasteiger partial charge in [0.2, 0.25) is 5.91 Å². The largest absolute Gasteiger partial charge is 0.497 e. The Morgan fingerprint density at radius 2 is 1.80 bits per heavy atom. The number of nitrogens with zero attached hydrogens (tertiary/aromatic N) is 3. The highest BCUT2D eigenvalue weighted by atomic mass is 32.2. The van der Waals surface area contributed by atoms with Crippen molar-refractivity contribution in [3.63, 3.8) is 0 Å². The summed E-state index contributed by atoms with van der Waals surface area (Å²) in [6, 6.07) is 13.3. The van der Waals surface area contributed by atoms with E-state index in [4.69, 9.17) is 14.2 Å². The summed E-state index contributed by atoms with van der Waals surface area (Å²) in [6.07, 6.45) is 1.76. The number of ether oxygens (including phenoxy) is 3. The molecule has 2 aromatic carbocycles. The number of carbonyl (C=O) groups excluding carboxylic acids is 1. The monoisotopic (exact) mass is 496 g/mol. The van der Waals surface area contributed by atoms with Gasteiger partial charge in [-0.05, 0) is 35.2 Å². The van der Waals surface area contributed by atoms with Gasteiger partial charge in [0.25, 0.3) is 0 Å². The minimum absolute atomic E-state index is 0.0821. The average Bonchev–Trinajstić information content (AvgIpc) is 3.22. The van der Waals surface area contributed by atoms with Gasteiger partial charge < -0.3 is 19.5 Å². The number of nitrogens with one attached hydrogen (secondary N) is 1. The summed E-state index contributed by atoms with van der Waals surface area (Å²) in [5.74, 6) is 2.52. The topological polar surface area (TPSA) is 87.5 Å². The molecule has 0 saturated carbocycles. The number of carbonyl (C=O) groups is 1. The third kappa shape index (κ3) is 7.02. The van der Waals surface area contributed by atoms with Crippen molar-refractivity contribution >= 4 is 23.4 Å². The Morgan fingerprint density at radius 1 is 1.09 bits per heavy atom. The van der Waals surface area contributed by atoms with Gasteiger partial charge in [-0.25, -0.2) is 0 Å². The van der Waals surface area contributed by atoms with E-state index >= 15 is 0 Å². The Morgan fingerprint density at radius 3 is 2.43 bits per heavy atom. The molecular formula is C26H32N4O4S. The first-order valence-electron chi connectivity index (χ1n) is 11.2. The highest BCUT2D eigenvalue weighted by Crippen LogP contribution is 2.29. The van der Waals surface area contributed by atoms with Crippen LogP contribution in [-0.4, -0.2) is 40.6 Å². The molecule has 0 aliphatic carbocycles. The molecule has 0 bridgehead atoms. The van der Waals surface area contributed by atoms with Crippen molar-refractivity contribution in [3.8, 4) is 17.2 Å². The molecule has 0 saturated heterocycles. The second-order valence-electron chi connectivity index (χ2n) is 8.76. The highest BCUT2D eigenvalue weighted by molar-refractivity contribution is 7.99. The van der Waals surface area contributed by atoms with Crippen LogP contribution in [0.3, 0.4) is 0 Å². The van der Waals surface area contributed by atoms with Crippen molar-refractivity contribution in [2.45, 2.75) is 44.5 Å². The molecule has 3 rings (SSSR count). The van der Waals surface area contributed by atoms with Crippen molar-refractivity contribution in [1.82, 2.24) is 14.8 Å². The summed E-state index contributed by atoms with van der Waals surface area (Å²) in [5.41, 5.74) is 1.86. The Labute approximate surface area is 210 Å². The van der Waals surface area contributed by atoms with Gasteiger partial charge in [0.05, 0.1) is 25.7 Å². The number of aromatic nitrogens is 3. The fraction of sp³-hybridized carbons (Fsp3) is 0.346. The fourth-order valence-corrected chi connectivity index (χ4v) is 4.04. The molecule has 1 N–H and O–H groups in total. The SMILES string of the molecule is C=CCn1c(COc2ccc(C(C)(C)C)cc2)nnc1SCC(=O)Nc1cc(OC)ccc1OC. The van der Waals surface area contributed by atoms with Crippen LogP contribution in [0, 0.1) is 0 Å². The molecule has 0 radical (unpaired) electrons. The van der Waals surface area contributed by atoms with Crippen molar-refractivity contribution < 1.29 is 19.0 Å². The van der Waals surface area contributed by atoms with E-state index in [0.717, 1.165) is 5.75 Å². The van der Waals surface area contributed by atoms with Crippen molar-refractivity contribution in [2.24, 2.45) is 0 Å². The summed E-state index contributed by atoms with van der Waals surface area (Å²) in [7, 11) is 3.12. The van der Waals surface area contributed by atoms with E-state index in [0.29, 0.717) is 34.7 Å². The molecule has 1 heterocycles. The lowest BCUT2D eigenvalue weighted by atomic mass is 9.87. The summed E-state index contributed by atoms with van der Waals surface area (Å²) >= 11 is 1.29. The van der Waals surface area contributed by atoms with Gasteiger partial charge in [0.1, 0.15) is 23.9 Å². The van der Waals surface area contributed by atoms with E-state index in [1.54, 1.807) is 38.5 Å². The molecule has 0 atom stereocenters. The number of benzene rings is 2. The molecule has 0 unspecified atom stereocenters. The Bertz CT molecular complexity index is 1150. The average molecular weight is 497 g/mol. The quantitative estimate of drug-likeness (QED) is 0.292. The zero-order valence-electron chi connectivity index (χ0n) is 20.8. The second kappa shape index (κ2) is 11.8. The lowest BCUT2D eigenvalue weighted by Crippen LogP contribution is -2.15. The summed E-state index contributed by atoms with van der Waals surface area (Å²) in [5, 5.41) is 12.0. The number of anilines is 1. The first-order valence-corrected chi connectivity index (χ1v) is 12.1. The van der Waals surface area contributed by atoms with Crippen LogP contribution in [0.2, 0.25) is 0 Å².